The first-order valence-corrected chi connectivity index (χ1v) is 19.0. The summed E-state index contributed by atoms with van der Waals surface area (Å²) in [5.41, 5.74) is 0. The van der Waals surface area contributed by atoms with E-state index in [1.165, 1.54) is 154 Å². The molecule has 0 atom stereocenters. The summed E-state index contributed by atoms with van der Waals surface area (Å²) in [6.07, 6.45) is 37.2. The number of rotatable bonds is 12. The van der Waals surface area contributed by atoms with Gasteiger partial charge in [0.05, 0.1) is 19.0 Å². The van der Waals surface area contributed by atoms with Crippen molar-refractivity contribution in [2.45, 2.75) is 190 Å². The van der Waals surface area contributed by atoms with E-state index >= 15 is 0 Å². The average molecular weight is 616 g/mol. The van der Waals surface area contributed by atoms with Gasteiger partial charge in [0.15, 0.2) is 0 Å². The lowest BCUT2D eigenvalue weighted by molar-refractivity contribution is 0.247. The Balaban J connectivity index is 1.17. The molecule has 0 amide bonds. The van der Waals surface area contributed by atoms with Gasteiger partial charge in [-0.25, -0.2) is 15.0 Å². The molecule has 1 heterocycles. The third-order valence-electron chi connectivity index (χ3n) is 12.0. The van der Waals surface area contributed by atoms with Gasteiger partial charge in [-0.05, 0) is 77.0 Å². The molecule has 9 nitrogen and oxygen atoms in total. The van der Waals surface area contributed by atoms with Crippen molar-refractivity contribution in [2.24, 2.45) is 15.0 Å². The molecule has 6 fully saturated rings. The summed E-state index contributed by atoms with van der Waals surface area (Å²) >= 11 is 0. The number of nitrogens with zero attached hydrogens (tertiary/aromatic N) is 9. The van der Waals surface area contributed by atoms with Gasteiger partial charge in [-0.15, -0.1) is 0 Å². The van der Waals surface area contributed by atoms with Crippen LogP contribution in [0, 0.1) is 0 Å². The second kappa shape index (κ2) is 15.3. The normalized spacial score (nSPS) is 25.1. The molecule has 0 saturated heterocycles. The van der Waals surface area contributed by atoms with Crippen molar-refractivity contribution in [1.29, 1.82) is 0 Å². The molecule has 45 heavy (non-hydrogen) atoms. The Morgan fingerprint density at radius 3 is 0.689 bits per heavy atom. The highest BCUT2D eigenvalue weighted by atomic mass is 15.3. The van der Waals surface area contributed by atoms with E-state index in [-0.39, 0.29) is 0 Å². The van der Waals surface area contributed by atoms with Crippen molar-refractivity contribution in [1.82, 2.24) is 29.7 Å². The fourth-order valence-electron chi connectivity index (χ4n) is 9.55. The summed E-state index contributed by atoms with van der Waals surface area (Å²) in [6.45, 7) is 0. The lowest BCUT2D eigenvalue weighted by atomic mass is 10.1. The molecule has 0 bridgehead atoms. The van der Waals surface area contributed by atoms with E-state index in [0.717, 1.165) is 0 Å². The van der Waals surface area contributed by atoms with Crippen LogP contribution in [-0.4, -0.2) is 84.9 Å². The predicted molar refractivity (Wildman–Crippen MR) is 183 cm³/mol. The van der Waals surface area contributed by atoms with E-state index in [1.807, 2.05) is 0 Å². The minimum absolute atomic E-state index is 0.437. The van der Waals surface area contributed by atoms with E-state index in [4.69, 9.17) is 29.9 Å². The molecule has 7 rings (SSSR count). The third-order valence-corrected chi connectivity index (χ3v) is 12.0. The van der Waals surface area contributed by atoms with Crippen molar-refractivity contribution in [3.8, 4) is 0 Å². The van der Waals surface area contributed by atoms with Crippen molar-refractivity contribution in [2.75, 3.05) is 0 Å². The fraction of sp³-hybridized carbons (Fsp3) is 0.833. The fourth-order valence-corrected chi connectivity index (χ4v) is 9.55. The maximum atomic E-state index is 4.94. The highest BCUT2D eigenvalue weighted by Gasteiger charge is 2.31. The Hall–Kier alpha value is -2.58. The standard InChI is InChI=1S/C36H57N9/c1-2-14-28(13-1)43(29-15-3-4-16-29)25-37-34-40-35(38-26-44(30-17-5-6-18-30)31-19-7-8-20-31)42-36(41-34)39-27-45(32-21-9-10-22-32)33-23-11-12-24-33/h25-33H,1-24H2. The van der Waals surface area contributed by atoms with E-state index in [2.05, 4.69) is 33.7 Å². The van der Waals surface area contributed by atoms with Gasteiger partial charge in [-0.1, -0.05) is 77.0 Å². The van der Waals surface area contributed by atoms with E-state index in [1.54, 1.807) is 0 Å². The molecule has 0 N–H and O–H groups in total. The SMILES string of the molecule is C(=Nc1nc(N=CN(C2CCCC2)C2CCCC2)nc(N=CN(C2CCCC2)C2CCCC2)n1)N(C1CCCC1)C1CCCC1. The van der Waals surface area contributed by atoms with E-state index in [0.29, 0.717) is 54.1 Å². The van der Waals surface area contributed by atoms with Gasteiger partial charge in [0.25, 0.3) is 17.8 Å². The van der Waals surface area contributed by atoms with E-state index in [9.17, 15) is 0 Å². The van der Waals surface area contributed by atoms with Crippen LogP contribution in [0.5, 0.6) is 0 Å². The zero-order chi connectivity index (χ0) is 30.3. The summed E-state index contributed by atoms with van der Waals surface area (Å²) in [7, 11) is 0. The first-order valence-electron chi connectivity index (χ1n) is 19.0. The minimum atomic E-state index is 0.437. The summed E-state index contributed by atoms with van der Waals surface area (Å²) < 4.78 is 0. The van der Waals surface area contributed by atoms with Gasteiger partial charge in [-0.3, -0.25) is 0 Å². The second-order valence-corrected chi connectivity index (χ2v) is 14.9. The van der Waals surface area contributed by atoms with Crippen molar-refractivity contribution in [3.63, 3.8) is 0 Å². The van der Waals surface area contributed by atoms with Crippen LogP contribution >= 0.6 is 0 Å². The Labute approximate surface area is 271 Å². The van der Waals surface area contributed by atoms with Gasteiger partial charge in [0.2, 0.25) is 0 Å². The molecular formula is C36H57N9. The Morgan fingerprint density at radius 1 is 0.333 bits per heavy atom. The van der Waals surface area contributed by atoms with Gasteiger partial charge in [0, 0.05) is 36.3 Å². The quantitative estimate of drug-likeness (QED) is 0.173. The zero-order valence-corrected chi connectivity index (χ0v) is 27.7. The Morgan fingerprint density at radius 2 is 0.511 bits per heavy atom. The summed E-state index contributed by atoms with van der Waals surface area (Å²) in [5.74, 6) is 1.31. The first-order chi connectivity index (χ1) is 22.3. The van der Waals surface area contributed by atoms with Crippen LogP contribution in [0.1, 0.15) is 154 Å². The van der Waals surface area contributed by atoms with Crippen molar-refractivity contribution in [3.05, 3.63) is 0 Å². The number of hydrogen-bond donors (Lipinski definition) is 0. The van der Waals surface area contributed by atoms with Crippen LogP contribution in [0.2, 0.25) is 0 Å². The molecule has 1 aromatic heterocycles. The summed E-state index contributed by atoms with van der Waals surface area (Å²) in [4.78, 5) is 36.9. The molecule has 0 spiro atoms. The van der Waals surface area contributed by atoms with Crippen LogP contribution in [0.3, 0.4) is 0 Å². The van der Waals surface area contributed by atoms with Gasteiger partial charge in [-0.2, -0.15) is 15.0 Å². The molecule has 6 aliphatic carbocycles. The van der Waals surface area contributed by atoms with E-state index < -0.39 is 0 Å². The monoisotopic (exact) mass is 615 g/mol. The van der Waals surface area contributed by atoms with Crippen LogP contribution in [0.15, 0.2) is 15.0 Å². The van der Waals surface area contributed by atoms with Gasteiger partial charge in [0.1, 0.15) is 0 Å². The van der Waals surface area contributed by atoms with Crippen LogP contribution in [0.25, 0.3) is 0 Å². The highest BCUT2D eigenvalue weighted by molar-refractivity contribution is 5.64. The molecule has 6 aliphatic rings. The molecule has 246 valence electrons. The lowest BCUT2D eigenvalue weighted by Gasteiger charge is -2.32. The maximum absolute atomic E-state index is 4.94. The lowest BCUT2D eigenvalue weighted by Crippen LogP contribution is -2.39. The Kier molecular flexibility index (Phi) is 10.6. The van der Waals surface area contributed by atoms with Crippen LogP contribution in [-0.2, 0) is 0 Å². The van der Waals surface area contributed by atoms with Crippen molar-refractivity contribution >= 4 is 36.9 Å². The van der Waals surface area contributed by atoms with Crippen LogP contribution in [0.4, 0.5) is 17.8 Å². The highest BCUT2D eigenvalue weighted by Crippen LogP contribution is 2.33. The first kappa shape index (κ1) is 31.0. The van der Waals surface area contributed by atoms with Gasteiger partial charge < -0.3 is 14.7 Å². The second-order valence-electron chi connectivity index (χ2n) is 14.9. The molecule has 9 heteroatoms. The molecule has 1 aromatic rings. The molecule has 0 aliphatic heterocycles. The van der Waals surface area contributed by atoms with Gasteiger partial charge >= 0.3 is 0 Å². The third kappa shape index (κ3) is 7.87. The predicted octanol–water partition coefficient (Wildman–Crippen LogP) is 8.41. The molecule has 0 aromatic carbocycles. The molecular weight excluding hydrogens is 558 g/mol. The molecule has 6 saturated carbocycles. The number of aliphatic imine (C=N–C) groups is 3. The minimum Gasteiger partial charge on any atom is -0.357 e. The Bertz CT molecular complexity index is 944. The smallest absolute Gasteiger partial charge is 0.257 e. The summed E-state index contributed by atoms with van der Waals surface area (Å²) in [6, 6.07) is 3.54. The average Bonchev–Trinajstić information content (AvgIpc) is 3.92. The van der Waals surface area contributed by atoms with Crippen LogP contribution < -0.4 is 0 Å². The van der Waals surface area contributed by atoms with Crippen molar-refractivity contribution < 1.29 is 0 Å². The molecule has 0 radical (unpaired) electrons. The largest absolute Gasteiger partial charge is 0.357 e. The number of hydrogen-bond acceptors (Lipinski definition) is 6. The zero-order valence-electron chi connectivity index (χ0n) is 27.7. The maximum Gasteiger partial charge on any atom is 0.257 e. The number of aromatic nitrogens is 3. The summed E-state index contributed by atoms with van der Waals surface area (Å²) in [5, 5.41) is 0. The topological polar surface area (TPSA) is 85.5 Å². The molecule has 0 unspecified atom stereocenters.